The monoisotopic (exact) mass is 542 g/mol. The van der Waals surface area contributed by atoms with E-state index in [2.05, 4.69) is 34.9 Å². The number of alkyl carbamates (subject to hydrolysis) is 1. The minimum atomic E-state index is -1.22. The summed E-state index contributed by atoms with van der Waals surface area (Å²) in [5.41, 5.74) is 4.69. The molecule has 0 saturated heterocycles. The zero-order valence-corrected chi connectivity index (χ0v) is 22.5. The lowest BCUT2D eigenvalue weighted by Gasteiger charge is -2.42. The molecule has 3 aromatic rings. The van der Waals surface area contributed by atoms with Gasteiger partial charge in [-0.2, -0.15) is 0 Å². The van der Waals surface area contributed by atoms with Crippen LogP contribution in [0.2, 0.25) is 0 Å². The fourth-order valence-corrected chi connectivity index (χ4v) is 5.61. The number of benzene rings is 3. The summed E-state index contributed by atoms with van der Waals surface area (Å²) in [5.74, 6) is -1.70. The van der Waals surface area contributed by atoms with Crippen molar-refractivity contribution in [2.75, 3.05) is 6.61 Å². The van der Waals surface area contributed by atoms with Crippen molar-refractivity contribution in [3.05, 3.63) is 95.6 Å². The summed E-state index contributed by atoms with van der Waals surface area (Å²) in [4.78, 5) is 37.8. The Morgan fingerprint density at radius 1 is 0.925 bits per heavy atom. The number of carboxylic acids is 1. The highest BCUT2D eigenvalue weighted by molar-refractivity contribution is 5.85. The van der Waals surface area contributed by atoms with Crippen LogP contribution in [-0.2, 0) is 25.7 Å². The van der Waals surface area contributed by atoms with E-state index in [1.165, 1.54) is 0 Å². The van der Waals surface area contributed by atoms with E-state index in [1.54, 1.807) is 6.92 Å². The predicted octanol–water partition coefficient (Wildman–Crippen LogP) is 5.01. The Labute approximate surface area is 233 Å². The lowest BCUT2D eigenvalue weighted by Crippen LogP contribution is -2.58. The smallest absolute Gasteiger partial charge is 0.407 e. The van der Waals surface area contributed by atoms with E-state index in [4.69, 9.17) is 9.47 Å². The van der Waals surface area contributed by atoms with Crippen LogP contribution in [0.15, 0.2) is 78.9 Å². The van der Waals surface area contributed by atoms with Crippen molar-refractivity contribution in [1.82, 2.24) is 10.6 Å². The van der Waals surface area contributed by atoms with Gasteiger partial charge in [-0.3, -0.25) is 4.79 Å². The number of carboxylic acid groups (broad SMARTS) is 1. The molecule has 0 spiro atoms. The molecule has 2 unspecified atom stereocenters. The normalized spacial score (nSPS) is 16.5. The first-order valence-corrected chi connectivity index (χ1v) is 13.7. The molecule has 0 bridgehead atoms. The summed E-state index contributed by atoms with van der Waals surface area (Å²) in [6.07, 6.45) is 0.713. The van der Waals surface area contributed by atoms with Crippen LogP contribution in [0.3, 0.4) is 0 Å². The second-order valence-corrected chi connectivity index (χ2v) is 10.6. The second kappa shape index (κ2) is 11.9. The number of carbonyl (C=O) groups excluding carboxylic acids is 2. The number of nitrogens with one attached hydrogen (secondary N) is 2. The quantitative estimate of drug-likeness (QED) is 0.314. The molecular weight excluding hydrogens is 508 g/mol. The molecule has 208 valence electrons. The molecule has 1 fully saturated rings. The van der Waals surface area contributed by atoms with E-state index < -0.39 is 35.7 Å². The van der Waals surface area contributed by atoms with Crippen LogP contribution in [0.5, 0.6) is 0 Å². The van der Waals surface area contributed by atoms with E-state index in [9.17, 15) is 19.5 Å². The Balaban J connectivity index is 1.16. The van der Waals surface area contributed by atoms with Crippen LogP contribution < -0.4 is 10.6 Å². The molecule has 2 amide bonds. The van der Waals surface area contributed by atoms with Gasteiger partial charge >= 0.3 is 12.1 Å². The maximum Gasteiger partial charge on any atom is 0.407 e. The molecule has 0 radical (unpaired) electrons. The predicted molar refractivity (Wildman–Crippen MR) is 150 cm³/mol. The van der Waals surface area contributed by atoms with Crippen molar-refractivity contribution in [1.29, 1.82) is 0 Å². The van der Waals surface area contributed by atoms with Gasteiger partial charge in [0, 0.05) is 12.3 Å². The van der Waals surface area contributed by atoms with Gasteiger partial charge in [-0.25, -0.2) is 9.59 Å². The summed E-state index contributed by atoms with van der Waals surface area (Å²) < 4.78 is 11.4. The lowest BCUT2D eigenvalue weighted by atomic mass is 9.74. The van der Waals surface area contributed by atoms with Gasteiger partial charge in [0.05, 0.1) is 18.2 Å². The van der Waals surface area contributed by atoms with Gasteiger partial charge in [-0.15, -0.1) is 0 Å². The summed E-state index contributed by atoms with van der Waals surface area (Å²) in [6.45, 7) is 2.03. The third kappa shape index (κ3) is 6.02. The van der Waals surface area contributed by atoms with Crippen LogP contribution >= 0.6 is 0 Å². The largest absolute Gasteiger partial charge is 0.480 e. The third-order valence-corrected chi connectivity index (χ3v) is 7.93. The molecule has 5 rings (SSSR count). The fraction of sp³-hybridized carbons (Fsp3) is 0.344. The van der Waals surface area contributed by atoms with Crippen molar-refractivity contribution in [3.63, 3.8) is 0 Å². The Bertz CT molecular complexity index is 1330. The third-order valence-electron chi connectivity index (χ3n) is 7.93. The van der Waals surface area contributed by atoms with E-state index in [-0.39, 0.29) is 25.6 Å². The molecule has 2 atom stereocenters. The SMILES string of the molecule is CC(OCc1ccccc1)C(NC(=O)CC1(NC(=O)OCC2c3ccccc3-c3ccccc32)CCC1)C(=O)O. The van der Waals surface area contributed by atoms with Crippen LogP contribution in [0, 0.1) is 0 Å². The van der Waals surface area contributed by atoms with Gasteiger partial charge < -0.3 is 25.2 Å². The highest BCUT2D eigenvalue weighted by Crippen LogP contribution is 2.44. The zero-order chi connectivity index (χ0) is 28.1. The molecule has 8 heteroatoms. The number of hydrogen-bond acceptors (Lipinski definition) is 5. The first-order chi connectivity index (χ1) is 19.3. The Kier molecular flexibility index (Phi) is 8.16. The zero-order valence-electron chi connectivity index (χ0n) is 22.5. The average Bonchev–Trinajstić information content (AvgIpc) is 3.26. The standard InChI is InChI=1S/C32H34N2O6/c1-21(39-19-22-10-3-2-4-11-22)29(30(36)37)33-28(35)18-32(16-9-17-32)34-31(38)40-20-27-25-14-7-5-12-23(25)24-13-6-8-15-26(24)27/h2-8,10-15,21,27,29H,9,16-20H2,1H3,(H,33,35)(H,34,38)(H,36,37). The van der Waals surface area contributed by atoms with Gasteiger partial charge in [0.2, 0.25) is 5.91 Å². The molecule has 40 heavy (non-hydrogen) atoms. The van der Waals surface area contributed by atoms with Gasteiger partial charge in [-0.05, 0) is 54.0 Å². The number of carbonyl (C=O) groups is 3. The molecule has 0 aromatic heterocycles. The summed E-state index contributed by atoms with van der Waals surface area (Å²) in [6, 6.07) is 24.4. The topological polar surface area (TPSA) is 114 Å². The summed E-state index contributed by atoms with van der Waals surface area (Å²) >= 11 is 0. The second-order valence-electron chi connectivity index (χ2n) is 10.6. The summed E-state index contributed by atoms with van der Waals surface area (Å²) in [7, 11) is 0. The minimum Gasteiger partial charge on any atom is -0.480 e. The van der Waals surface area contributed by atoms with Gasteiger partial charge in [-0.1, -0.05) is 78.9 Å². The molecule has 8 nitrogen and oxygen atoms in total. The Morgan fingerprint density at radius 3 is 2.10 bits per heavy atom. The van der Waals surface area contributed by atoms with Crippen molar-refractivity contribution >= 4 is 18.0 Å². The van der Waals surface area contributed by atoms with Gasteiger partial charge in [0.15, 0.2) is 6.04 Å². The van der Waals surface area contributed by atoms with E-state index in [0.717, 1.165) is 34.2 Å². The van der Waals surface area contributed by atoms with Crippen molar-refractivity contribution < 1.29 is 29.0 Å². The van der Waals surface area contributed by atoms with Crippen LogP contribution in [-0.4, -0.2) is 47.4 Å². The van der Waals surface area contributed by atoms with Crippen LogP contribution in [0.1, 0.15) is 55.2 Å². The van der Waals surface area contributed by atoms with E-state index in [1.807, 2.05) is 54.6 Å². The van der Waals surface area contributed by atoms with Crippen molar-refractivity contribution in [2.45, 2.75) is 62.8 Å². The number of aliphatic carboxylic acids is 1. The first-order valence-electron chi connectivity index (χ1n) is 13.7. The molecule has 3 aromatic carbocycles. The molecule has 2 aliphatic rings. The number of hydrogen-bond donors (Lipinski definition) is 3. The van der Waals surface area contributed by atoms with E-state index in [0.29, 0.717) is 12.8 Å². The molecule has 0 aliphatic heterocycles. The maximum absolute atomic E-state index is 12.9. The average molecular weight is 543 g/mol. The van der Waals surface area contributed by atoms with Crippen molar-refractivity contribution in [2.24, 2.45) is 0 Å². The van der Waals surface area contributed by atoms with E-state index >= 15 is 0 Å². The number of amides is 2. The molecule has 3 N–H and O–H groups in total. The highest BCUT2D eigenvalue weighted by Gasteiger charge is 2.42. The van der Waals surface area contributed by atoms with Gasteiger partial charge in [0.25, 0.3) is 0 Å². The number of rotatable bonds is 11. The highest BCUT2D eigenvalue weighted by atomic mass is 16.5. The number of fused-ring (bicyclic) bond motifs is 3. The minimum absolute atomic E-state index is 0.0353. The van der Waals surface area contributed by atoms with Crippen LogP contribution in [0.25, 0.3) is 11.1 Å². The Morgan fingerprint density at radius 2 is 1.52 bits per heavy atom. The molecule has 1 saturated carbocycles. The first kappa shape index (κ1) is 27.4. The van der Waals surface area contributed by atoms with Gasteiger partial charge in [0.1, 0.15) is 6.61 Å². The number of ether oxygens (including phenoxy) is 2. The van der Waals surface area contributed by atoms with Crippen LogP contribution in [0.4, 0.5) is 4.79 Å². The lowest BCUT2D eigenvalue weighted by molar-refractivity contribution is -0.147. The maximum atomic E-state index is 12.9. The molecular formula is C32H34N2O6. The fourth-order valence-electron chi connectivity index (χ4n) is 5.61. The molecule has 2 aliphatic carbocycles. The molecule has 0 heterocycles. The van der Waals surface area contributed by atoms with Crippen molar-refractivity contribution in [3.8, 4) is 11.1 Å². The summed E-state index contributed by atoms with van der Waals surface area (Å²) in [5, 5.41) is 15.2. The Hall–Kier alpha value is -4.17.